The number of rotatable bonds is 6. The van der Waals surface area contributed by atoms with Crippen LogP contribution in [-0.2, 0) is 11.2 Å². The van der Waals surface area contributed by atoms with Gasteiger partial charge in [-0.1, -0.05) is 60.7 Å². The second-order valence-corrected chi connectivity index (χ2v) is 7.66. The summed E-state index contributed by atoms with van der Waals surface area (Å²) in [5, 5.41) is 22.7. The zero-order valence-corrected chi connectivity index (χ0v) is 17.8. The first kappa shape index (κ1) is 21.8. The van der Waals surface area contributed by atoms with E-state index < -0.39 is 18.0 Å². The molecule has 8 heteroatoms. The monoisotopic (exact) mass is 442 g/mol. The summed E-state index contributed by atoms with van der Waals surface area (Å²) in [5.74, 6) is -1.12. The van der Waals surface area contributed by atoms with E-state index in [1.807, 2.05) is 61.5 Å². The van der Waals surface area contributed by atoms with E-state index in [2.05, 4.69) is 20.8 Å². The Hall–Kier alpha value is -4.46. The van der Waals surface area contributed by atoms with Crippen LogP contribution in [0.1, 0.15) is 11.1 Å². The number of amides is 2. The predicted molar refractivity (Wildman–Crippen MR) is 126 cm³/mol. The molecule has 33 heavy (non-hydrogen) atoms. The number of urea groups is 1. The number of aromatic amines is 1. The van der Waals surface area contributed by atoms with E-state index in [1.54, 1.807) is 18.2 Å². The summed E-state index contributed by atoms with van der Waals surface area (Å²) in [4.78, 5) is 36.4. The molecule has 0 aliphatic heterocycles. The second-order valence-electron chi connectivity index (χ2n) is 7.66. The lowest BCUT2D eigenvalue weighted by Gasteiger charge is -2.17. The van der Waals surface area contributed by atoms with Gasteiger partial charge in [0.25, 0.3) is 5.56 Å². The number of carbonyl (C=O) groups excluding carboxylic acids is 1. The van der Waals surface area contributed by atoms with Gasteiger partial charge in [-0.2, -0.15) is 5.10 Å². The minimum absolute atomic E-state index is 0.163. The van der Waals surface area contributed by atoms with E-state index in [0.717, 1.165) is 11.1 Å². The molecule has 0 aliphatic carbocycles. The van der Waals surface area contributed by atoms with Gasteiger partial charge in [-0.15, -0.1) is 0 Å². The highest BCUT2D eigenvalue weighted by molar-refractivity contribution is 5.96. The number of nitrogens with zero attached hydrogens (tertiary/aromatic N) is 1. The molecule has 3 aromatic carbocycles. The fourth-order valence-corrected chi connectivity index (χ4v) is 3.61. The van der Waals surface area contributed by atoms with E-state index in [4.69, 9.17) is 0 Å². The molecule has 4 N–H and O–H groups in total. The molecule has 0 saturated carbocycles. The van der Waals surface area contributed by atoms with Gasteiger partial charge in [0, 0.05) is 23.1 Å². The zero-order valence-electron chi connectivity index (χ0n) is 17.8. The zero-order chi connectivity index (χ0) is 23.4. The lowest BCUT2D eigenvalue weighted by molar-refractivity contribution is -0.139. The van der Waals surface area contributed by atoms with E-state index in [-0.39, 0.29) is 12.0 Å². The van der Waals surface area contributed by atoms with Gasteiger partial charge in [0.1, 0.15) is 6.04 Å². The van der Waals surface area contributed by atoms with Gasteiger partial charge in [-0.3, -0.25) is 4.79 Å². The number of nitrogens with one attached hydrogen (secondary N) is 3. The fourth-order valence-electron chi connectivity index (χ4n) is 3.61. The fraction of sp³-hybridized carbons (Fsp3) is 0.120. The predicted octanol–water partition coefficient (Wildman–Crippen LogP) is 3.72. The first-order chi connectivity index (χ1) is 15.9. The Morgan fingerprint density at radius 1 is 1.00 bits per heavy atom. The molecular weight excluding hydrogens is 420 g/mol. The molecule has 4 rings (SSSR count). The highest BCUT2D eigenvalue weighted by Gasteiger charge is 2.21. The van der Waals surface area contributed by atoms with Gasteiger partial charge < -0.3 is 15.7 Å². The van der Waals surface area contributed by atoms with Gasteiger partial charge >= 0.3 is 12.0 Å². The van der Waals surface area contributed by atoms with E-state index in [1.165, 1.54) is 0 Å². The standard InChI is InChI=1S/C25H22N4O4/c1-15-11-12-17(22-18-9-5-6-10-19(18)23(30)29-28-22)14-20(15)26-25(33)27-21(24(31)32)13-16-7-3-2-4-8-16/h2-12,14,21H,13H2,1H3,(H,29,30)(H,31,32)(H2,26,27,33)/t21-/m0/s1. The first-order valence-electron chi connectivity index (χ1n) is 10.3. The van der Waals surface area contributed by atoms with Crippen molar-refractivity contribution in [3.63, 3.8) is 0 Å². The molecule has 0 radical (unpaired) electrons. The van der Waals surface area contributed by atoms with Crippen LogP contribution in [0.15, 0.2) is 77.6 Å². The average molecular weight is 442 g/mol. The van der Waals surface area contributed by atoms with Crippen molar-refractivity contribution in [2.45, 2.75) is 19.4 Å². The average Bonchev–Trinajstić information content (AvgIpc) is 2.81. The van der Waals surface area contributed by atoms with Gasteiger partial charge in [0.05, 0.1) is 11.1 Å². The number of H-pyrrole nitrogens is 1. The van der Waals surface area contributed by atoms with Gasteiger partial charge in [0.2, 0.25) is 0 Å². The molecular formula is C25H22N4O4. The third-order valence-electron chi connectivity index (χ3n) is 5.34. The minimum atomic E-state index is -1.12. The molecule has 0 spiro atoms. The van der Waals surface area contributed by atoms with Crippen LogP contribution in [0.25, 0.3) is 22.0 Å². The first-order valence-corrected chi connectivity index (χ1v) is 10.3. The SMILES string of the molecule is Cc1ccc(-c2n[nH]c(=O)c3ccccc23)cc1NC(=O)N[C@@H](Cc1ccccc1)C(=O)O. The number of carboxylic acid groups (broad SMARTS) is 1. The lowest BCUT2D eigenvalue weighted by Crippen LogP contribution is -2.44. The number of fused-ring (bicyclic) bond motifs is 1. The van der Waals surface area contributed by atoms with Crippen LogP contribution in [0.5, 0.6) is 0 Å². The Morgan fingerprint density at radius 2 is 1.70 bits per heavy atom. The highest BCUT2D eigenvalue weighted by Crippen LogP contribution is 2.28. The van der Waals surface area contributed by atoms with Crippen molar-refractivity contribution < 1.29 is 14.7 Å². The largest absolute Gasteiger partial charge is 0.480 e. The van der Waals surface area contributed by atoms with E-state index in [0.29, 0.717) is 27.7 Å². The Morgan fingerprint density at radius 3 is 2.42 bits per heavy atom. The number of hydrogen-bond donors (Lipinski definition) is 4. The summed E-state index contributed by atoms with van der Waals surface area (Å²) < 4.78 is 0. The molecule has 0 unspecified atom stereocenters. The molecule has 166 valence electrons. The molecule has 0 aliphatic rings. The van der Waals surface area contributed by atoms with Gasteiger partial charge in [0.15, 0.2) is 0 Å². The Bertz CT molecular complexity index is 1380. The van der Waals surface area contributed by atoms with E-state index >= 15 is 0 Å². The van der Waals surface area contributed by atoms with Crippen LogP contribution >= 0.6 is 0 Å². The number of anilines is 1. The maximum Gasteiger partial charge on any atom is 0.326 e. The van der Waals surface area contributed by atoms with Crippen LogP contribution < -0.4 is 16.2 Å². The summed E-state index contributed by atoms with van der Waals surface area (Å²) in [5.41, 5.74) is 3.09. The number of aliphatic carboxylic acids is 1. The Balaban J connectivity index is 1.57. The summed E-state index contributed by atoms with van der Waals surface area (Å²) in [6.45, 7) is 1.83. The molecule has 0 saturated heterocycles. The van der Waals surface area contributed by atoms with Crippen molar-refractivity contribution in [2.75, 3.05) is 5.32 Å². The summed E-state index contributed by atoms with van der Waals surface area (Å²) in [6, 6.07) is 19.9. The topological polar surface area (TPSA) is 124 Å². The Labute approximate surface area is 189 Å². The number of aryl methyl sites for hydroxylation is 1. The van der Waals surface area contributed by atoms with E-state index in [9.17, 15) is 19.5 Å². The lowest BCUT2D eigenvalue weighted by atomic mass is 10.0. The van der Waals surface area contributed by atoms with Crippen LogP contribution in [0.2, 0.25) is 0 Å². The van der Waals surface area contributed by atoms with Crippen molar-refractivity contribution in [1.29, 1.82) is 0 Å². The third kappa shape index (κ3) is 4.90. The van der Waals surface area contributed by atoms with Crippen LogP contribution in [0.3, 0.4) is 0 Å². The Kier molecular flexibility index (Phi) is 6.17. The van der Waals surface area contributed by atoms with Crippen molar-refractivity contribution in [3.05, 3.63) is 94.3 Å². The maximum absolute atomic E-state index is 12.6. The van der Waals surface area contributed by atoms with Crippen LogP contribution in [0.4, 0.5) is 10.5 Å². The number of aromatic nitrogens is 2. The molecule has 8 nitrogen and oxygen atoms in total. The number of hydrogen-bond acceptors (Lipinski definition) is 4. The minimum Gasteiger partial charge on any atom is -0.480 e. The number of carbonyl (C=O) groups is 2. The smallest absolute Gasteiger partial charge is 0.326 e. The van der Waals surface area contributed by atoms with Crippen LogP contribution in [0, 0.1) is 6.92 Å². The highest BCUT2D eigenvalue weighted by atomic mass is 16.4. The summed E-state index contributed by atoms with van der Waals surface area (Å²) >= 11 is 0. The van der Waals surface area contributed by atoms with Crippen molar-refractivity contribution >= 4 is 28.5 Å². The number of benzene rings is 3. The quantitative estimate of drug-likeness (QED) is 0.362. The third-order valence-corrected chi connectivity index (χ3v) is 5.34. The summed E-state index contributed by atoms with van der Waals surface area (Å²) in [6.07, 6.45) is 0.163. The normalized spacial score (nSPS) is 11.7. The molecule has 4 aromatic rings. The van der Waals surface area contributed by atoms with Crippen molar-refractivity contribution in [3.8, 4) is 11.3 Å². The second kappa shape index (κ2) is 9.35. The number of carboxylic acids is 1. The molecule has 1 heterocycles. The summed E-state index contributed by atoms with van der Waals surface area (Å²) in [7, 11) is 0. The molecule has 2 amide bonds. The van der Waals surface area contributed by atoms with Crippen LogP contribution in [-0.4, -0.2) is 33.3 Å². The van der Waals surface area contributed by atoms with Gasteiger partial charge in [-0.05, 0) is 30.2 Å². The van der Waals surface area contributed by atoms with Gasteiger partial charge in [-0.25, -0.2) is 14.7 Å². The molecule has 0 fully saturated rings. The molecule has 1 aromatic heterocycles. The molecule has 0 bridgehead atoms. The van der Waals surface area contributed by atoms with Crippen molar-refractivity contribution in [1.82, 2.24) is 15.5 Å². The van der Waals surface area contributed by atoms with Crippen molar-refractivity contribution in [2.24, 2.45) is 0 Å². The maximum atomic E-state index is 12.6. The molecule has 1 atom stereocenters.